The third kappa shape index (κ3) is 2.94. The highest BCUT2D eigenvalue weighted by molar-refractivity contribution is 5.85. The van der Waals surface area contributed by atoms with Crippen molar-refractivity contribution < 1.29 is 14.7 Å². The lowest BCUT2D eigenvalue weighted by Gasteiger charge is -2.15. The number of rotatable bonds is 4. The quantitative estimate of drug-likeness (QED) is 0.893. The molecule has 0 aliphatic heterocycles. The van der Waals surface area contributed by atoms with E-state index in [1.165, 1.54) is 5.56 Å². The van der Waals surface area contributed by atoms with E-state index in [2.05, 4.69) is 17.4 Å². The van der Waals surface area contributed by atoms with E-state index >= 15 is 0 Å². The van der Waals surface area contributed by atoms with Gasteiger partial charge >= 0.3 is 5.97 Å². The first-order chi connectivity index (χ1) is 10.1. The maximum atomic E-state index is 12.4. The van der Waals surface area contributed by atoms with Crippen molar-refractivity contribution in [2.24, 2.45) is 17.8 Å². The van der Waals surface area contributed by atoms with Crippen LogP contribution in [-0.4, -0.2) is 23.0 Å². The predicted octanol–water partition coefficient (Wildman–Crippen LogP) is 2.41. The van der Waals surface area contributed by atoms with E-state index in [4.69, 9.17) is 0 Å². The molecule has 0 radical (unpaired) electrons. The molecule has 21 heavy (non-hydrogen) atoms. The summed E-state index contributed by atoms with van der Waals surface area (Å²) in [5.41, 5.74) is 1.25. The van der Waals surface area contributed by atoms with Gasteiger partial charge in [-0.15, -0.1) is 0 Å². The molecule has 0 saturated heterocycles. The van der Waals surface area contributed by atoms with Crippen molar-refractivity contribution in [1.29, 1.82) is 0 Å². The summed E-state index contributed by atoms with van der Waals surface area (Å²) in [7, 11) is 0. The summed E-state index contributed by atoms with van der Waals surface area (Å²) in [6, 6.07) is 10.3. The van der Waals surface area contributed by atoms with Crippen molar-refractivity contribution in [3.8, 4) is 0 Å². The minimum atomic E-state index is -0.838. The highest BCUT2D eigenvalue weighted by atomic mass is 16.4. The van der Waals surface area contributed by atoms with Crippen molar-refractivity contribution >= 4 is 11.9 Å². The molecule has 5 unspecified atom stereocenters. The van der Waals surface area contributed by atoms with Gasteiger partial charge in [-0.3, -0.25) is 9.59 Å². The van der Waals surface area contributed by atoms with Gasteiger partial charge in [-0.1, -0.05) is 37.3 Å². The molecule has 5 atom stereocenters. The fourth-order valence-electron chi connectivity index (χ4n) is 3.57. The van der Waals surface area contributed by atoms with Gasteiger partial charge in [-0.05, 0) is 30.7 Å². The van der Waals surface area contributed by atoms with E-state index in [0.717, 1.165) is 6.42 Å². The van der Waals surface area contributed by atoms with Gasteiger partial charge in [-0.2, -0.15) is 0 Å². The van der Waals surface area contributed by atoms with Gasteiger partial charge in [0.15, 0.2) is 0 Å². The molecule has 2 aliphatic rings. The molecular formula is C17H21NO3. The summed E-state index contributed by atoms with van der Waals surface area (Å²) in [6.07, 6.45) is 2.25. The highest BCUT2D eigenvalue weighted by Crippen LogP contribution is 2.42. The summed E-state index contributed by atoms with van der Waals surface area (Å²) in [4.78, 5) is 23.6. The van der Waals surface area contributed by atoms with Crippen LogP contribution in [0.1, 0.15) is 37.7 Å². The lowest BCUT2D eigenvalue weighted by atomic mass is 9.95. The van der Waals surface area contributed by atoms with Gasteiger partial charge in [0.25, 0.3) is 0 Å². The van der Waals surface area contributed by atoms with Crippen LogP contribution in [0.3, 0.4) is 0 Å². The Morgan fingerprint density at radius 3 is 2.43 bits per heavy atom. The average Bonchev–Trinajstić information content (AvgIpc) is 3.11. The number of hydrogen-bond acceptors (Lipinski definition) is 2. The van der Waals surface area contributed by atoms with E-state index in [0.29, 0.717) is 24.7 Å². The zero-order chi connectivity index (χ0) is 15.0. The van der Waals surface area contributed by atoms with Crippen molar-refractivity contribution in [3.63, 3.8) is 0 Å². The number of nitrogens with one attached hydrogen (secondary N) is 1. The molecule has 0 heterocycles. The van der Waals surface area contributed by atoms with Gasteiger partial charge in [0.05, 0.1) is 11.8 Å². The molecule has 2 N–H and O–H groups in total. The second kappa shape index (κ2) is 5.51. The minimum Gasteiger partial charge on any atom is -0.481 e. The van der Waals surface area contributed by atoms with Crippen LogP contribution in [0.15, 0.2) is 30.3 Å². The Morgan fingerprint density at radius 1 is 1.10 bits per heavy atom. The van der Waals surface area contributed by atoms with Gasteiger partial charge in [0, 0.05) is 12.0 Å². The molecule has 4 nitrogen and oxygen atoms in total. The molecule has 3 rings (SSSR count). The summed E-state index contributed by atoms with van der Waals surface area (Å²) in [6.45, 7) is 2.02. The first-order valence-corrected chi connectivity index (χ1v) is 7.64. The van der Waals surface area contributed by atoms with Crippen molar-refractivity contribution in [1.82, 2.24) is 5.32 Å². The SMILES string of the molecule is CC1CC(C(=O)O)C(C(=O)NC2CC2c2ccccc2)C1. The van der Waals surface area contributed by atoms with Crippen LogP contribution in [0, 0.1) is 17.8 Å². The van der Waals surface area contributed by atoms with Crippen molar-refractivity contribution in [2.45, 2.75) is 38.1 Å². The first kappa shape index (κ1) is 14.1. The number of carbonyl (C=O) groups is 2. The summed E-state index contributed by atoms with van der Waals surface area (Å²) < 4.78 is 0. The van der Waals surface area contributed by atoms with E-state index in [1.54, 1.807) is 0 Å². The maximum absolute atomic E-state index is 12.4. The maximum Gasteiger partial charge on any atom is 0.307 e. The molecule has 2 saturated carbocycles. The molecule has 2 fully saturated rings. The van der Waals surface area contributed by atoms with E-state index < -0.39 is 11.9 Å². The second-order valence-electron chi connectivity index (χ2n) is 6.50. The molecule has 1 aromatic carbocycles. The Hall–Kier alpha value is -1.84. The molecule has 1 aromatic rings. The number of carboxylic acids is 1. The Bertz CT molecular complexity index is 542. The predicted molar refractivity (Wildman–Crippen MR) is 78.7 cm³/mol. The third-order valence-corrected chi connectivity index (χ3v) is 4.80. The van der Waals surface area contributed by atoms with Crippen molar-refractivity contribution in [3.05, 3.63) is 35.9 Å². The van der Waals surface area contributed by atoms with E-state index in [1.807, 2.05) is 25.1 Å². The average molecular weight is 287 g/mol. The zero-order valence-corrected chi connectivity index (χ0v) is 12.2. The topological polar surface area (TPSA) is 66.4 Å². The minimum absolute atomic E-state index is 0.0739. The molecule has 1 amide bonds. The molecular weight excluding hydrogens is 266 g/mol. The van der Waals surface area contributed by atoms with Crippen LogP contribution in [0.4, 0.5) is 0 Å². The van der Waals surface area contributed by atoms with Crippen LogP contribution in [0.25, 0.3) is 0 Å². The Kier molecular flexibility index (Phi) is 3.70. The number of amides is 1. The van der Waals surface area contributed by atoms with Gasteiger partial charge < -0.3 is 10.4 Å². The van der Waals surface area contributed by atoms with Gasteiger partial charge in [-0.25, -0.2) is 0 Å². The number of hydrogen-bond donors (Lipinski definition) is 2. The van der Waals surface area contributed by atoms with Crippen LogP contribution in [-0.2, 0) is 9.59 Å². The molecule has 0 bridgehead atoms. The molecule has 2 aliphatic carbocycles. The summed E-state index contributed by atoms with van der Waals surface area (Å²) in [5, 5.41) is 12.3. The summed E-state index contributed by atoms with van der Waals surface area (Å²) in [5.74, 6) is -1.10. The Morgan fingerprint density at radius 2 is 1.76 bits per heavy atom. The second-order valence-corrected chi connectivity index (χ2v) is 6.50. The first-order valence-electron chi connectivity index (χ1n) is 7.64. The number of carbonyl (C=O) groups excluding carboxylic acids is 1. The molecule has 4 heteroatoms. The number of aliphatic carboxylic acids is 1. The third-order valence-electron chi connectivity index (χ3n) is 4.80. The Balaban J connectivity index is 1.59. The highest BCUT2D eigenvalue weighted by Gasteiger charge is 2.45. The standard InChI is InChI=1S/C17H21NO3/c1-10-7-13(14(8-10)17(20)21)16(19)18-15-9-12(15)11-5-3-2-4-6-11/h2-6,10,12-15H,7-9H2,1H3,(H,18,19)(H,20,21). The van der Waals surface area contributed by atoms with Gasteiger partial charge in [0.1, 0.15) is 0 Å². The lowest BCUT2D eigenvalue weighted by molar-refractivity contribution is -0.146. The fourth-order valence-corrected chi connectivity index (χ4v) is 3.57. The lowest BCUT2D eigenvalue weighted by Crippen LogP contribution is -2.36. The monoisotopic (exact) mass is 287 g/mol. The largest absolute Gasteiger partial charge is 0.481 e. The normalized spacial score (nSPS) is 34.4. The summed E-state index contributed by atoms with van der Waals surface area (Å²) >= 11 is 0. The van der Waals surface area contributed by atoms with Crippen LogP contribution in [0.2, 0.25) is 0 Å². The Labute approximate surface area is 124 Å². The zero-order valence-electron chi connectivity index (χ0n) is 12.2. The van der Waals surface area contributed by atoms with Gasteiger partial charge in [0.2, 0.25) is 5.91 Å². The van der Waals surface area contributed by atoms with Crippen LogP contribution in [0.5, 0.6) is 0 Å². The fraction of sp³-hybridized carbons (Fsp3) is 0.529. The molecule has 0 aromatic heterocycles. The van der Waals surface area contributed by atoms with Crippen molar-refractivity contribution in [2.75, 3.05) is 0 Å². The molecule has 0 spiro atoms. The number of carboxylic acid groups (broad SMARTS) is 1. The smallest absolute Gasteiger partial charge is 0.307 e. The molecule has 112 valence electrons. The van der Waals surface area contributed by atoms with Crippen LogP contribution >= 0.6 is 0 Å². The van der Waals surface area contributed by atoms with E-state index in [9.17, 15) is 14.7 Å². The van der Waals surface area contributed by atoms with E-state index in [-0.39, 0.29) is 17.9 Å². The van der Waals surface area contributed by atoms with Crippen LogP contribution < -0.4 is 5.32 Å². The number of benzene rings is 1.